The molecule has 1 spiro atoms. The largest absolute Gasteiger partial charge is 0.439 e. The van der Waals surface area contributed by atoms with Crippen LogP contribution in [0.4, 0.5) is 4.79 Å². The summed E-state index contributed by atoms with van der Waals surface area (Å²) in [5.41, 5.74) is -0.204. The van der Waals surface area contributed by atoms with E-state index in [1.54, 1.807) is 0 Å². The number of carbonyl (C=O) groups excluding carboxylic acids is 1. The van der Waals surface area contributed by atoms with Crippen molar-refractivity contribution in [1.29, 1.82) is 0 Å². The van der Waals surface area contributed by atoms with Gasteiger partial charge in [-0.05, 0) is 13.0 Å². The molecular weight excluding hydrogens is 180 g/mol. The lowest BCUT2D eigenvalue weighted by molar-refractivity contribution is 0.0727. The van der Waals surface area contributed by atoms with E-state index < -0.39 is 0 Å². The Morgan fingerprint density at radius 2 is 2.50 bits per heavy atom. The van der Waals surface area contributed by atoms with Crippen LogP contribution in [0.3, 0.4) is 0 Å². The Hall–Kier alpha value is -0.770. The topological polar surface area (TPSA) is 41.6 Å². The van der Waals surface area contributed by atoms with Crippen LogP contribution in [0.1, 0.15) is 26.2 Å². The zero-order valence-corrected chi connectivity index (χ0v) is 8.71. The van der Waals surface area contributed by atoms with E-state index >= 15 is 0 Å². The number of rotatable bonds is 3. The van der Waals surface area contributed by atoms with Gasteiger partial charge < -0.3 is 15.0 Å². The van der Waals surface area contributed by atoms with Gasteiger partial charge in [-0.3, -0.25) is 0 Å². The third-order valence-corrected chi connectivity index (χ3v) is 3.03. The summed E-state index contributed by atoms with van der Waals surface area (Å²) in [6.07, 6.45) is 3.02. The van der Waals surface area contributed by atoms with Crippen LogP contribution in [0.25, 0.3) is 0 Å². The van der Waals surface area contributed by atoms with Gasteiger partial charge in [0.2, 0.25) is 0 Å². The molecule has 0 bridgehead atoms. The number of hydrogen-bond acceptors (Lipinski definition) is 3. The Balaban J connectivity index is 1.92. The lowest BCUT2D eigenvalue weighted by atomic mass is 10.0. The van der Waals surface area contributed by atoms with Crippen molar-refractivity contribution in [2.45, 2.75) is 31.8 Å². The number of amides is 1. The van der Waals surface area contributed by atoms with Crippen molar-refractivity contribution in [1.82, 2.24) is 10.2 Å². The standard InChI is InChI=1S/C10H18N2O2/c1-2-3-6-12-8-10(14-9(12)13)4-5-11-7-10/h11H,2-8H2,1H3. The molecule has 14 heavy (non-hydrogen) atoms. The normalized spacial score (nSPS) is 31.5. The number of ether oxygens (including phenoxy) is 1. The summed E-state index contributed by atoms with van der Waals surface area (Å²) in [6, 6.07) is 0. The van der Waals surface area contributed by atoms with Crippen molar-refractivity contribution >= 4 is 6.09 Å². The van der Waals surface area contributed by atoms with Gasteiger partial charge in [-0.2, -0.15) is 0 Å². The van der Waals surface area contributed by atoms with Gasteiger partial charge in [0.15, 0.2) is 0 Å². The van der Waals surface area contributed by atoms with Crippen LogP contribution in [0.2, 0.25) is 0 Å². The summed E-state index contributed by atoms with van der Waals surface area (Å²) in [5.74, 6) is 0. The van der Waals surface area contributed by atoms with Crippen LogP contribution in [0.5, 0.6) is 0 Å². The summed E-state index contributed by atoms with van der Waals surface area (Å²) in [7, 11) is 0. The van der Waals surface area contributed by atoms with Gasteiger partial charge in [0.05, 0.1) is 6.54 Å². The van der Waals surface area contributed by atoms with Gasteiger partial charge in [-0.15, -0.1) is 0 Å². The molecule has 1 unspecified atom stereocenters. The summed E-state index contributed by atoms with van der Waals surface area (Å²) >= 11 is 0. The highest BCUT2D eigenvalue weighted by atomic mass is 16.6. The molecule has 0 aromatic rings. The molecule has 2 aliphatic rings. The van der Waals surface area contributed by atoms with E-state index in [0.29, 0.717) is 0 Å². The van der Waals surface area contributed by atoms with Crippen LogP contribution >= 0.6 is 0 Å². The predicted molar refractivity (Wildman–Crippen MR) is 53.2 cm³/mol. The Kier molecular flexibility index (Phi) is 2.63. The third-order valence-electron chi connectivity index (χ3n) is 3.03. The first-order valence-corrected chi connectivity index (χ1v) is 5.44. The number of carbonyl (C=O) groups is 1. The lowest BCUT2D eigenvalue weighted by Gasteiger charge is -2.19. The molecule has 1 N–H and O–H groups in total. The van der Waals surface area contributed by atoms with Gasteiger partial charge in [0, 0.05) is 19.5 Å². The molecule has 0 aliphatic carbocycles. The summed E-state index contributed by atoms with van der Waals surface area (Å²) < 4.78 is 5.44. The van der Waals surface area contributed by atoms with E-state index in [0.717, 1.165) is 45.4 Å². The lowest BCUT2D eigenvalue weighted by Crippen LogP contribution is -2.36. The third kappa shape index (κ3) is 1.71. The molecule has 0 aromatic carbocycles. The second-order valence-corrected chi connectivity index (χ2v) is 4.25. The van der Waals surface area contributed by atoms with E-state index in [1.807, 2.05) is 4.90 Å². The minimum Gasteiger partial charge on any atom is -0.439 e. The number of nitrogens with one attached hydrogen (secondary N) is 1. The van der Waals surface area contributed by atoms with Gasteiger partial charge in [0.25, 0.3) is 0 Å². The SMILES string of the molecule is CCCCN1CC2(CCNC2)OC1=O. The van der Waals surface area contributed by atoms with Crippen molar-refractivity contribution in [3.63, 3.8) is 0 Å². The van der Waals surface area contributed by atoms with Crippen molar-refractivity contribution < 1.29 is 9.53 Å². The minimum absolute atomic E-state index is 0.123. The highest BCUT2D eigenvalue weighted by Crippen LogP contribution is 2.28. The average Bonchev–Trinajstić information content (AvgIpc) is 2.72. The maximum absolute atomic E-state index is 11.5. The number of unbranched alkanes of at least 4 members (excludes halogenated alkanes) is 1. The highest BCUT2D eigenvalue weighted by Gasteiger charge is 2.46. The van der Waals surface area contributed by atoms with Gasteiger partial charge >= 0.3 is 6.09 Å². The van der Waals surface area contributed by atoms with Crippen LogP contribution in [0.15, 0.2) is 0 Å². The van der Waals surface area contributed by atoms with Crippen LogP contribution in [-0.2, 0) is 4.74 Å². The monoisotopic (exact) mass is 198 g/mol. The maximum Gasteiger partial charge on any atom is 0.410 e. The zero-order chi connectivity index (χ0) is 10.0. The first-order chi connectivity index (χ1) is 6.76. The Morgan fingerprint density at radius 1 is 1.64 bits per heavy atom. The fraction of sp³-hybridized carbons (Fsp3) is 0.900. The van der Waals surface area contributed by atoms with Crippen LogP contribution in [0, 0.1) is 0 Å². The van der Waals surface area contributed by atoms with Crippen molar-refractivity contribution in [3.8, 4) is 0 Å². The molecule has 2 heterocycles. The number of nitrogens with zero attached hydrogens (tertiary/aromatic N) is 1. The first kappa shape index (κ1) is 9.77. The molecule has 1 atom stereocenters. The maximum atomic E-state index is 11.5. The number of hydrogen-bond donors (Lipinski definition) is 1. The van der Waals surface area contributed by atoms with Crippen molar-refractivity contribution in [3.05, 3.63) is 0 Å². The summed E-state index contributed by atoms with van der Waals surface area (Å²) in [6.45, 7) is 5.54. The van der Waals surface area contributed by atoms with E-state index in [2.05, 4.69) is 12.2 Å². The highest BCUT2D eigenvalue weighted by molar-refractivity contribution is 5.70. The molecule has 1 amide bonds. The molecule has 2 rings (SSSR count). The van der Waals surface area contributed by atoms with Crippen molar-refractivity contribution in [2.24, 2.45) is 0 Å². The minimum atomic E-state index is -0.204. The second kappa shape index (κ2) is 3.77. The van der Waals surface area contributed by atoms with E-state index in [1.165, 1.54) is 0 Å². The van der Waals surface area contributed by atoms with Gasteiger partial charge in [-0.25, -0.2) is 4.79 Å². The smallest absolute Gasteiger partial charge is 0.410 e. The van der Waals surface area contributed by atoms with Crippen LogP contribution in [-0.4, -0.2) is 42.8 Å². The van der Waals surface area contributed by atoms with E-state index in [-0.39, 0.29) is 11.7 Å². The van der Waals surface area contributed by atoms with Gasteiger partial charge in [0.1, 0.15) is 5.60 Å². The molecule has 0 radical (unpaired) electrons. The van der Waals surface area contributed by atoms with Gasteiger partial charge in [-0.1, -0.05) is 13.3 Å². The van der Waals surface area contributed by atoms with Crippen LogP contribution < -0.4 is 5.32 Å². The molecule has 2 aliphatic heterocycles. The molecule has 80 valence electrons. The van der Waals surface area contributed by atoms with E-state index in [4.69, 9.17) is 4.74 Å². The first-order valence-electron chi connectivity index (χ1n) is 5.44. The Bertz CT molecular complexity index is 224. The molecule has 4 nitrogen and oxygen atoms in total. The fourth-order valence-electron chi connectivity index (χ4n) is 2.16. The average molecular weight is 198 g/mol. The molecule has 0 saturated carbocycles. The summed E-state index contributed by atoms with van der Waals surface area (Å²) in [4.78, 5) is 13.4. The molecule has 0 aromatic heterocycles. The fourth-order valence-corrected chi connectivity index (χ4v) is 2.16. The second-order valence-electron chi connectivity index (χ2n) is 4.25. The quantitative estimate of drug-likeness (QED) is 0.734. The summed E-state index contributed by atoms with van der Waals surface area (Å²) in [5, 5.41) is 3.25. The van der Waals surface area contributed by atoms with Crippen molar-refractivity contribution in [2.75, 3.05) is 26.2 Å². The van der Waals surface area contributed by atoms with E-state index in [9.17, 15) is 4.79 Å². The molecule has 2 fully saturated rings. The Morgan fingerprint density at radius 3 is 3.14 bits per heavy atom. The zero-order valence-electron chi connectivity index (χ0n) is 8.71. The molecule has 2 saturated heterocycles. The predicted octanol–water partition coefficient (Wildman–Crippen LogP) is 0.971. The Labute approximate surface area is 84.6 Å². The molecule has 4 heteroatoms. The molecular formula is C10H18N2O2.